The van der Waals surface area contributed by atoms with E-state index in [-0.39, 0.29) is 24.5 Å². The van der Waals surface area contributed by atoms with Gasteiger partial charge in [-0.25, -0.2) is 0 Å². The van der Waals surface area contributed by atoms with E-state index in [2.05, 4.69) is 29.2 Å². The van der Waals surface area contributed by atoms with Gasteiger partial charge in [-0.05, 0) is 61.6 Å². The molecule has 2 aromatic heterocycles. The summed E-state index contributed by atoms with van der Waals surface area (Å²) >= 11 is 0. The molecule has 4 heterocycles. The number of likely N-dealkylation sites (tertiary alicyclic amines) is 1. The highest BCUT2D eigenvalue weighted by molar-refractivity contribution is 5.79. The number of pyridine rings is 1. The minimum atomic E-state index is 0.0829. The number of hydrogen-bond donors (Lipinski definition) is 0. The number of piperidine rings is 1. The fourth-order valence-electron chi connectivity index (χ4n) is 4.51. The first-order valence-electron chi connectivity index (χ1n) is 10.6. The average Bonchev–Trinajstić information content (AvgIpc) is 3.39. The summed E-state index contributed by atoms with van der Waals surface area (Å²) in [5.41, 5.74) is 3.90. The molecule has 0 spiro atoms. The lowest BCUT2D eigenvalue weighted by Gasteiger charge is -2.35. The van der Waals surface area contributed by atoms with E-state index in [1.807, 2.05) is 35.4 Å². The second-order valence-corrected chi connectivity index (χ2v) is 8.20. The fourth-order valence-corrected chi connectivity index (χ4v) is 4.51. The van der Waals surface area contributed by atoms with Crippen LogP contribution in [-0.2, 0) is 17.6 Å². The van der Waals surface area contributed by atoms with Gasteiger partial charge in [0.1, 0.15) is 11.9 Å². The molecule has 2 aliphatic rings. The first-order valence-corrected chi connectivity index (χ1v) is 10.6. The van der Waals surface area contributed by atoms with E-state index in [0.717, 1.165) is 49.1 Å². The van der Waals surface area contributed by atoms with Crippen LogP contribution >= 0.6 is 0 Å². The fraction of sp³-hybridized carbons (Fsp3) is 0.375. The number of carbonyl (C=O) groups excluding carboxylic acids is 1. The molecule has 5 rings (SSSR count). The van der Waals surface area contributed by atoms with Crippen molar-refractivity contribution >= 4 is 5.91 Å². The summed E-state index contributed by atoms with van der Waals surface area (Å²) in [6.45, 7) is 2.84. The van der Waals surface area contributed by atoms with Gasteiger partial charge >= 0.3 is 0 Å². The van der Waals surface area contributed by atoms with E-state index in [4.69, 9.17) is 9.26 Å². The van der Waals surface area contributed by atoms with Crippen molar-refractivity contribution in [2.75, 3.05) is 6.54 Å². The van der Waals surface area contributed by atoms with Crippen LogP contribution in [0.5, 0.6) is 5.75 Å². The number of ether oxygens (including phenoxy) is 1. The lowest BCUT2D eigenvalue weighted by Crippen LogP contribution is -2.39. The predicted molar refractivity (Wildman–Crippen MR) is 112 cm³/mol. The van der Waals surface area contributed by atoms with Crippen LogP contribution in [0.15, 0.2) is 53.3 Å². The van der Waals surface area contributed by atoms with E-state index in [9.17, 15) is 4.79 Å². The molecule has 1 amide bonds. The Bertz CT molecular complexity index is 1050. The molecular formula is C24H25N3O3. The Kier molecular flexibility index (Phi) is 4.99. The summed E-state index contributed by atoms with van der Waals surface area (Å²) in [5.74, 6) is 1.70. The van der Waals surface area contributed by atoms with Crippen LogP contribution in [0.2, 0.25) is 0 Å². The number of aromatic nitrogens is 2. The van der Waals surface area contributed by atoms with E-state index in [0.29, 0.717) is 11.5 Å². The van der Waals surface area contributed by atoms with Gasteiger partial charge < -0.3 is 14.2 Å². The molecule has 0 N–H and O–H groups in total. The third-order valence-electron chi connectivity index (χ3n) is 5.96. The Morgan fingerprint density at radius 3 is 3.03 bits per heavy atom. The topological polar surface area (TPSA) is 68.5 Å². The van der Waals surface area contributed by atoms with Crippen LogP contribution in [0.25, 0.3) is 11.3 Å². The van der Waals surface area contributed by atoms with E-state index in [1.165, 1.54) is 5.56 Å². The van der Waals surface area contributed by atoms with Crippen LogP contribution in [-0.4, -0.2) is 33.6 Å². The molecule has 1 fully saturated rings. The summed E-state index contributed by atoms with van der Waals surface area (Å²) in [4.78, 5) is 19.3. The van der Waals surface area contributed by atoms with E-state index >= 15 is 0 Å². The predicted octanol–water partition coefficient (Wildman–Crippen LogP) is 4.36. The van der Waals surface area contributed by atoms with Gasteiger partial charge in [0.25, 0.3) is 0 Å². The quantitative estimate of drug-likeness (QED) is 0.648. The van der Waals surface area contributed by atoms with Crippen LogP contribution in [0.4, 0.5) is 0 Å². The number of carbonyl (C=O) groups is 1. The molecular weight excluding hydrogens is 378 g/mol. The molecule has 0 radical (unpaired) electrons. The first-order chi connectivity index (χ1) is 14.7. The third-order valence-corrected chi connectivity index (χ3v) is 5.96. The normalized spacial score (nSPS) is 20.6. The van der Waals surface area contributed by atoms with Crippen molar-refractivity contribution in [3.8, 4) is 17.1 Å². The minimum absolute atomic E-state index is 0.0829. The van der Waals surface area contributed by atoms with Gasteiger partial charge in [0.15, 0.2) is 5.76 Å². The van der Waals surface area contributed by atoms with Crippen molar-refractivity contribution in [3.05, 3.63) is 65.6 Å². The van der Waals surface area contributed by atoms with Gasteiger partial charge in [-0.3, -0.25) is 9.78 Å². The minimum Gasteiger partial charge on any atom is -0.490 e. The largest absolute Gasteiger partial charge is 0.490 e. The maximum atomic E-state index is 13.1. The summed E-state index contributed by atoms with van der Waals surface area (Å²) < 4.78 is 11.3. The molecule has 6 nitrogen and oxygen atoms in total. The molecule has 154 valence electrons. The molecule has 1 saturated heterocycles. The van der Waals surface area contributed by atoms with Gasteiger partial charge in [-0.15, -0.1) is 0 Å². The average molecular weight is 403 g/mol. The number of benzene rings is 1. The first kappa shape index (κ1) is 18.9. The van der Waals surface area contributed by atoms with Crippen molar-refractivity contribution in [1.82, 2.24) is 15.0 Å². The highest BCUT2D eigenvalue weighted by Crippen LogP contribution is 2.34. The summed E-state index contributed by atoms with van der Waals surface area (Å²) in [5, 5.41) is 4.17. The van der Waals surface area contributed by atoms with E-state index in [1.54, 1.807) is 6.20 Å². The monoisotopic (exact) mass is 403 g/mol. The summed E-state index contributed by atoms with van der Waals surface area (Å²) in [6.07, 6.45) is 8.09. The van der Waals surface area contributed by atoms with Crippen molar-refractivity contribution in [3.63, 3.8) is 0 Å². The zero-order valence-corrected chi connectivity index (χ0v) is 17.1. The number of hydrogen-bond acceptors (Lipinski definition) is 5. The van der Waals surface area contributed by atoms with Crippen molar-refractivity contribution in [1.29, 1.82) is 0 Å². The Morgan fingerprint density at radius 1 is 1.23 bits per heavy atom. The molecule has 3 aromatic rings. The van der Waals surface area contributed by atoms with Gasteiger partial charge in [0.2, 0.25) is 5.91 Å². The Hall–Kier alpha value is -3.15. The van der Waals surface area contributed by atoms with Gasteiger partial charge in [-0.1, -0.05) is 11.2 Å². The number of rotatable bonds is 4. The molecule has 0 bridgehead atoms. The zero-order chi connectivity index (χ0) is 20.5. The van der Waals surface area contributed by atoms with Crippen LogP contribution in [0, 0.1) is 0 Å². The highest BCUT2D eigenvalue weighted by Gasteiger charge is 2.29. The molecule has 1 aromatic carbocycles. The van der Waals surface area contributed by atoms with E-state index < -0.39 is 0 Å². The van der Waals surface area contributed by atoms with Gasteiger partial charge in [0, 0.05) is 37.0 Å². The molecule has 30 heavy (non-hydrogen) atoms. The van der Waals surface area contributed by atoms with Crippen LogP contribution in [0.3, 0.4) is 0 Å². The standard InChI is InChI=1S/C24H25N3O3/c1-16-11-19-12-17(7-8-22(19)29-16)23-13-20(26-30-23)14-24(28)27-10-3-2-6-21(27)18-5-4-9-25-15-18/h4-5,7-9,12-13,15-16,21H,2-3,6,10-11,14H2,1H3. The lowest BCUT2D eigenvalue weighted by atomic mass is 9.96. The molecule has 2 aliphatic heterocycles. The summed E-state index contributed by atoms with van der Waals surface area (Å²) in [6, 6.07) is 12.0. The maximum Gasteiger partial charge on any atom is 0.229 e. The maximum absolute atomic E-state index is 13.1. The molecule has 6 heteroatoms. The highest BCUT2D eigenvalue weighted by atomic mass is 16.5. The smallest absolute Gasteiger partial charge is 0.229 e. The SMILES string of the molecule is CC1Cc2cc(-c3cc(CC(=O)N4CCCCC4c4cccnc4)no3)ccc2O1. The molecule has 0 aliphatic carbocycles. The molecule has 2 atom stereocenters. The Morgan fingerprint density at radius 2 is 2.17 bits per heavy atom. The number of fused-ring (bicyclic) bond motifs is 1. The van der Waals surface area contributed by atoms with Crippen LogP contribution in [0.1, 0.15) is 49.0 Å². The number of amides is 1. The van der Waals surface area contributed by atoms with Crippen molar-refractivity contribution in [2.45, 2.75) is 51.2 Å². The van der Waals surface area contributed by atoms with Crippen molar-refractivity contribution in [2.24, 2.45) is 0 Å². The molecule has 0 saturated carbocycles. The summed E-state index contributed by atoms with van der Waals surface area (Å²) in [7, 11) is 0. The van der Waals surface area contributed by atoms with Crippen LogP contribution < -0.4 is 4.74 Å². The molecule has 2 unspecified atom stereocenters. The zero-order valence-electron chi connectivity index (χ0n) is 17.1. The van der Waals surface area contributed by atoms with Gasteiger partial charge in [-0.2, -0.15) is 0 Å². The van der Waals surface area contributed by atoms with Gasteiger partial charge in [0.05, 0.1) is 18.2 Å². The Labute approximate surface area is 175 Å². The third kappa shape index (κ3) is 3.70. The second-order valence-electron chi connectivity index (χ2n) is 8.20. The second kappa shape index (κ2) is 7.94. The Balaban J connectivity index is 1.31. The van der Waals surface area contributed by atoms with Crippen molar-refractivity contribution < 1.29 is 14.1 Å². The number of nitrogens with zero attached hydrogens (tertiary/aromatic N) is 3. The lowest BCUT2D eigenvalue weighted by molar-refractivity contribution is -0.134.